The molecule has 6 nitrogen and oxygen atoms in total. The minimum Gasteiger partial charge on any atom is -0.334 e. The highest BCUT2D eigenvalue weighted by Crippen LogP contribution is 2.29. The van der Waals surface area contributed by atoms with Crippen molar-refractivity contribution in [3.8, 4) is 22.8 Å². The van der Waals surface area contributed by atoms with Gasteiger partial charge in [0, 0.05) is 16.6 Å². The lowest BCUT2D eigenvalue weighted by atomic mass is 10.1. The lowest BCUT2D eigenvalue weighted by molar-refractivity contribution is 0.432. The van der Waals surface area contributed by atoms with Gasteiger partial charge >= 0.3 is 0 Å². The number of hydrogen-bond donors (Lipinski definition) is 0. The van der Waals surface area contributed by atoms with Crippen LogP contribution in [-0.2, 0) is 6.54 Å². The molecule has 0 aliphatic heterocycles. The summed E-state index contributed by atoms with van der Waals surface area (Å²) in [5.41, 5.74) is 3.61. The average molecular weight is 425 g/mol. The number of rotatable bonds is 4. The molecule has 0 amide bonds. The topological polar surface area (TPSA) is 73.8 Å². The molecular weight excluding hydrogens is 408 g/mol. The van der Waals surface area contributed by atoms with Gasteiger partial charge in [-0.15, -0.1) is 0 Å². The molecule has 0 unspecified atom stereocenters. The molecule has 0 aliphatic carbocycles. The van der Waals surface area contributed by atoms with Crippen molar-refractivity contribution in [2.75, 3.05) is 0 Å². The Morgan fingerprint density at radius 3 is 2.74 bits per heavy atom. The summed E-state index contributed by atoms with van der Waals surface area (Å²) in [6.07, 6.45) is 0.875. The molecule has 2 aromatic carbocycles. The highest BCUT2D eigenvalue weighted by atomic mass is 79.9. The largest absolute Gasteiger partial charge is 0.334 e. The van der Waals surface area contributed by atoms with Crippen LogP contribution in [0.5, 0.6) is 0 Å². The van der Waals surface area contributed by atoms with Crippen LogP contribution in [0.1, 0.15) is 19.0 Å². The third-order valence-corrected chi connectivity index (χ3v) is 5.04. The van der Waals surface area contributed by atoms with Gasteiger partial charge in [-0.25, -0.2) is 4.98 Å². The summed E-state index contributed by atoms with van der Waals surface area (Å²) in [6.45, 7) is 4.44. The van der Waals surface area contributed by atoms with Crippen LogP contribution in [0.15, 0.2) is 56.3 Å². The van der Waals surface area contributed by atoms with Crippen molar-refractivity contribution in [1.29, 1.82) is 0 Å². The van der Waals surface area contributed by atoms with Gasteiger partial charge in [-0.1, -0.05) is 24.2 Å². The number of fused-ring (bicyclic) bond motifs is 1. The van der Waals surface area contributed by atoms with Crippen LogP contribution in [0.3, 0.4) is 0 Å². The van der Waals surface area contributed by atoms with E-state index in [2.05, 4.69) is 31.1 Å². The lowest BCUT2D eigenvalue weighted by Crippen LogP contribution is -2.24. The van der Waals surface area contributed by atoms with Crippen LogP contribution in [0.2, 0.25) is 0 Å². The van der Waals surface area contributed by atoms with Crippen molar-refractivity contribution in [1.82, 2.24) is 19.7 Å². The molecule has 0 spiro atoms. The fourth-order valence-corrected chi connectivity index (χ4v) is 3.50. The van der Waals surface area contributed by atoms with Crippen molar-refractivity contribution in [3.05, 3.63) is 63.0 Å². The fraction of sp³-hybridized carbons (Fsp3) is 0.200. The molecule has 0 atom stereocenters. The molecule has 0 bridgehead atoms. The van der Waals surface area contributed by atoms with Crippen LogP contribution in [0.4, 0.5) is 0 Å². The Balaban J connectivity index is 1.81. The van der Waals surface area contributed by atoms with E-state index in [1.807, 2.05) is 49.4 Å². The maximum absolute atomic E-state index is 12.4. The molecule has 0 radical (unpaired) electrons. The Morgan fingerprint density at radius 2 is 1.96 bits per heavy atom. The normalized spacial score (nSPS) is 11.2. The molecular formula is C20H17BrN4O2. The van der Waals surface area contributed by atoms with E-state index in [0.29, 0.717) is 24.0 Å². The van der Waals surface area contributed by atoms with E-state index in [1.165, 1.54) is 0 Å². The zero-order chi connectivity index (χ0) is 19.0. The molecule has 4 rings (SSSR count). The van der Waals surface area contributed by atoms with E-state index < -0.39 is 0 Å². The predicted octanol–water partition coefficient (Wildman–Crippen LogP) is 4.59. The standard InChI is InChI=1S/C20H17BrN4O2/c1-3-10-25-17-9-8-13(11-16(17)22-12(2)20(25)26)18-23-19(27-24-18)14-6-4-5-7-15(14)21/h4-9,11H,3,10H2,1-2H3. The number of halogens is 1. The van der Waals surface area contributed by atoms with E-state index >= 15 is 0 Å². The van der Waals surface area contributed by atoms with Crippen LogP contribution in [0, 0.1) is 6.92 Å². The first-order chi connectivity index (χ1) is 13.1. The Bertz CT molecular complexity index is 1200. The summed E-state index contributed by atoms with van der Waals surface area (Å²) in [7, 11) is 0. The quantitative estimate of drug-likeness (QED) is 0.478. The molecule has 0 saturated heterocycles. The first-order valence-corrected chi connectivity index (χ1v) is 9.48. The summed E-state index contributed by atoms with van der Waals surface area (Å²) in [6, 6.07) is 13.4. The Hall–Kier alpha value is -2.80. The SMILES string of the molecule is CCCn1c(=O)c(C)nc2cc(-c3noc(-c4ccccc4Br)n3)ccc21. The number of aromatic nitrogens is 4. The Labute approximate surface area is 164 Å². The number of benzene rings is 2. The maximum Gasteiger partial charge on any atom is 0.272 e. The van der Waals surface area contributed by atoms with Gasteiger partial charge in [-0.2, -0.15) is 4.98 Å². The molecule has 4 aromatic rings. The van der Waals surface area contributed by atoms with E-state index in [0.717, 1.165) is 33.1 Å². The smallest absolute Gasteiger partial charge is 0.272 e. The van der Waals surface area contributed by atoms with Gasteiger partial charge in [0.25, 0.3) is 11.4 Å². The van der Waals surface area contributed by atoms with Gasteiger partial charge in [0.05, 0.1) is 16.6 Å². The average Bonchev–Trinajstić information content (AvgIpc) is 3.15. The monoisotopic (exact) mass is 424 g/mol. The summed E-state index contributed by atoms with van der Waals surface area (Å²) in [5, 5.41) is 4.11. The van der Waals surface area contributed by atoms with Crippen molar-refractivity contribution in [2.45, 2.75) is 26.8 Å². The van der Waals surface area contributed by atoms with Crippen molar-refractivity contribution in [3.63, 3.8) is 0 Å². The first-order valence-electron chi connectivity index (χ1n) is 8.68. The van der Waals surface area contributed by atoms with E-state index in [-0.39, 0.29) is 5.56 Å². The van der Waals surface area contributed by atoms with Gasteiger partial charge in [0.2, 0.25) is 5.82 Å². The molecule has 0 N–H and O–H groups in total. The molecule has 0 saturated carbocycles. The minimum atomic E-state index is -0.0483. The van der Waals surface area contributed by atoms with Gasteiger partial charge in [-0.3, -0.25) is 4.79 Å². The summed E-state index contributed by atoms with van der Waals surface area (Å²) in [4.78, 5) is 21.3. The summed E-state index contributed by atoms with van der Waals surface area (Å²) in [5.74, 6) is 0.924. The minimum absolute atomic E-state index is 0.0483. The van der Waals surface area contributed by atoms with Crippen molar-refractivity contribution < 1.29 is 4.52 Å². The zero-order valence-electron chi connectivity index (χ0n) is 14.9. The molecule has 0 aliphatic rings. The van der Waals surface area contributed by atoms with E-state index in [1.54, 1.807) is 11.5 Å². The zero-order valence-corrected chi connectivity index (χ0v) is 16.5. The van der Waals surface area contributed by atoms with Crippen LogP contribution >= 0.6 is 15.9 Å². The third kappa shape index (κ3) is 3.19. The third-order valence-electron chi connectivity index (χ3n) is 4.34. The van der Waals surface area contributed by atoms with Crippen LogP contribution in [-0.4, -0.2) is 19.7 Å². The number of aryl methyl sites for hydroxylation is 2. The van der Waals surface area contributed by atoms with Gasteiger partial charge in [-0.05, 0) is 59.6 Å². The predicted molar refractivity (Wildman–Crippen MR) is 107 cm³/mol. The molecule has 7 heteroatoms. The van der Waals surface area contributed by atoms with Gasteiger partial charge in [0.1, 0.15) is 5.69 Å². The number of hydrogen-bond acceptors (Lipinski definition) is 5. The van der Waals surface area contributed by atoms with Crippen LogP contribution < -0.4 is 5.56 Å². The first kappa shape index (κ1) is 17.6. The van der Waals surface area contributed by atoms with E-state index in [9.17, 15) is 4.79 Å². The van der Waals surface area contributed by atoms with Gasteiger partial charge < -0.3 is 9.09 Å². The Morgan fingerprint density at radius 1 is 1.15 bits per heavy atom. The molecule has 2 aromatic heterocycles. The molecule has 0 fully saturated rings. The van der Waals surface area contributed by atoms with Gasteiger partial charge in [0.15, 0.2) is 0 Å². The number of nitrogens with zero attached hydrogens (tertiary/aromatic N) is 4. The van der Waals surface area contributed by atoms with Crippen LogP contribution in [0.25, 0.3) is 33.9 Å². The maximum atomic E-state index is 12.4. The lowest BCUT2D eigenvalue weighted by Gasteiger charge is -2.10. The second-order valence-electron chi connectivity index (χ2n) is 6.26. The fourth-order valence-electron chi connectivity index (χ4n) is 3.04. The highest BCUT2D eigenvalue weighted by Gasteiger charge is 2.15. The summed E-state index contributed by atoms with van der Waals surface area (Å²) >= 11 is 3.50. The molecule has 136 valence electrons. The van der Waals surface area contributed by atoms with Crippen molar-refractivity contribution >= 4 is 27.0 Å². The Kier molecular flexibility index (Phi) is 4.61. The molecule has 27 heavy (non-hydrogen) atoms. The second kappa shape index (κ2) is 7.08. The summed E-state index contributed by atoms with van der Waals surface area (Å²) < 4.78 is 8.09. The van der Waals surface area contributed by atoms with E-state index in [4.69, 9.17) is 4.52 Å². The second-order valence-corrected chi connectivity index (χ2v) is 7.11. The molecule has 2 heterocycles. The van der Waals surface area contributed by atoms with Crippen molar-refractivity contribution in [2.24, 2.45) is 0 Å². The highest BCUT2D eigenvalue weighted by molar-refractivity contribution is 9.10.